The summed E-state index contributed by atoms with van der Waals surface area (Å²) in [5, 5.41) is 12.1. The molecule has 1 amide bonds. The average molecular weight is 434 g/mol. The van der Waals surface area contributed by atoms with Crippen LogP contribution in [-0.2, 0) is 9.59 Å². The summed E-state index contributed by atoms with van der Waals surface area (Å²) >= 11 is 0. The van der Waals surface area contributed by atoms with E-state index in [-0.39, 0.29) is 11.3 Å². The predicted molar refractivity (Wildman–Crippen MR) is 123 cm³/mol. The zero-order valence-electron chi connectivity index (χ0n) is 18.5. The lowest BCUT2D eigenvalue weighted by Gasteiger charge is -2.26. The number of carbonyl (C=O) groups excluding carboxylic acids is 2. The molecular weight excluding hydrogens is 406 g/mol. The predicted octanol–water partition coefficient (Wildman–Crippen LogP) is 3.55. The normalized spacial score (nSPS) is 18.1. The lowest BCUT2D eigenvalue weighted by atomic mass is 9.95. The first-order valence-corrected chi connectivity index (χ1v) is 10.6. The molecule has 1 aliphatic heterocycles. The van der Waals surface area contributed by atoms with Crippen LogP contribution in [0.15, 0.2) is 60.3 Å². The highest BCUT2D eigenvalue weighted by atomic mass is 16.5. The number of hydrogen-bond donors (Lipinski definition) is 2. The quantitative estimate of drug-likeness (QED) is 0.338. The second-order valence-corrected chi connectivity index (χ2v) is 8.17. The van der Waals surface area contributed by atoms with Gasteiger partial charge in [-0.1, -0.05) is 30.3 Å². The standard InChI is InChI=1S/C25H27N3O4/c1-27(2)12-7-13-28-22(16-8-6-9-17(14-16)32-3)21(24(30)25(28)31)23(29)19-15-26-20-11-5-4-10-18(19)20/h4-6,8-11,14-15,22,26,29H,7,12-13H2,1-3H3/b23-21+. The molecule has 7 heteroatoms. The van der Waals surface area contributed by atoms with Crippen molar-refractivity contribution in [2.24, 2.45) is 0 Å². The third-order valence-electron chi connectivity index (χ3n) is 5.80. The number of carbonyl (C=O) groups is 2. The number of methoxy groups -OCH3 is 1. The van der Waals surface area contributed by atoms with Crippen molar-refractivity contribution in [1.82, 2.24) is 14.8 Å². The van der Waals surface area contributed by atoms with Crippen LogP contribution in [0.1, 0.15) is 23.6 Å². The number of amides is 1. The number of aromatic amines is 1. The maximum Gasteiger partial charge on any atom is 0.295 e. The molecule has 0 spiro atoms. The SMILES string of the molecule is COc1cccc(C2/C(=C(\O)c3c[nH]c4ccccc34)C(=O)C(=O)N2CCCN(C)C)c1. The number of H-pyrrole nitrogens is 1. The van der Waals surface area contributed by atoms with Crippen LogP contribution in [-0.4, -0.2) is 65.9 Å². The van der Waals surface area contributed by atoms with E-state index in [0.717, 1.165) is 23.0 Å². The molecule has 4 rings (SSSR count). The number of aliphatic hydroxyl groups excluding tert-OH is 1. The fourth-order valence-electron chi connectivity index (χ4n) is 4.24. The zero-order valence-corrected chi connectivity index (χ0v) is 18.5. The van der Waals surface area contributed by atoms with Gasteiger partial charge in [-0.3, -0.25) is 9.59 Å². The van der Waals surface area contributed by atoms with Crippen LogP contribution in [0.25, 0.3) is 16.7 Å². The zero-order chi connectivity index (χ0) is 22.8. The maximum absolute atomic E-state index is 13.2. The number of hydrogen-bond acceptors (Lipinski definition) is 5. The molecule has 0 saturated carbocycles. The Labute approximate surface area is 186 Å². The van der Waals surface area contributed by atoms with Crippen molar-refractivity contribution in [2.75, 3.05) is 34.3 Å². The average Bonchev–Trinajstić information content (AvgIpc) is 3.33. The number of aromatic nitrogens is 1. The van der Waals surface area contributed by atoms with E-state index in [2.05, 4.69) is 4.98 Å². The van der Waals surface area contributed by atoms with Gasteiger partial charge >= 0.3 is 0 Å². The molecule has 0 aliphatic carbocycles. The van der Waals surface area contributed by atoms with Crippen LogP contribution < -0.4 is 4.74 Å². The summed E-state index contributed by atoms with van der Waals surface area (Å²) in [6.07, 6.45) is 2.37. The number of nitrogens with one attached hydrogen (secondary N) is 1. The summed E-state index contributed by atoms with van der Waals surface area (Å²) in [7, 11) is 5.49. The first-order valence-electron chi connectivity index (χ1n) is 10.6. The lowest BCUT2D eigenvalue weighted by molar-refractivity contribution is -0.139. The Bertz CT molecular complexity index is 1190. The molecule has 1 aliphatic rings. The van der Waals surface area contributed by atoms with Gasteiger partial charge in [-0.2, -0.15) is 0 Å². The van der Waals surface area contributed by atoms with E-state index < -0.39 is 17.7 Å². The van der Waals surface area contributed by atoms with Crippen molar-refractivity contribution < 1.29 is 19.4 Å². The highest BCUT2D eigenvalue weighted by Gasteiger charge is 2.46. The van der Waals surface area contributed by atoms with Gasteiger partial charge in [0.15, 0.2) is 0 Å². The summed E-state index contributed by atoms with van der Waals surface area (Å²) in [4.78, 5) is 32.9. The van der Waals surface area contributed by atoms with E-state index >= 15 is 0 Å². The molecule has 1 fully saturated rings. The summed E-state index contributed by atoms with van der Waals surface area (Å²) in [6, 6.07) is 14.1. The third-order valence-corrected chi connectivity index (χ3v) is 5.80. The Morgan fingerprint density at radius 2 is 1.94 bits per heavy atom. The molecular formula is C25H27N3O4. The minimum absolute atomic E-state index is 0.0952. The van der Waals surface area contributed by atoms with E-state index in [1.807, 2.05) is 55.4 Å². The van der Waals surface area contributed by atoms with Gasteiger partial charge < -0.3 is 24.6 Å². The molecule has 7 nitrogen and oxygen atoms in total. The summed E-state index contributed by atoms with van der Waals surface area (Å²) in [5.74, 6) is -0.833. The number of aliphatic hydroxyl groups is 1. The van der Waals surface area contributed by atoms with Gasteiger partial charge in [0.05, 0.1) is 18.7 Å². The molecule has 2 heterocycles. The number of likely N-dealkylation sites (tertiary alicyclic amines) is 1. The van der Waals surface area contributed by atoms with Crippen molar-refractivity contribution >= 4 is 28.4 Å². The number of nitrogens with zero attached hydrogens (tertiary/aromatic N) is 2. The molecule has 1 unspecified atom stereocenters. The van der Waals surface area contributed by atoms with Crippen molar-refractivity contribution in [3.63, 3.8) is 0 Å². The van der Waals surface area contributed by atoms with Gasteiger partial charge in [0.25, 0.3) is 11.7 Å². The fraction of sp³-hybridized carbons (Fsp3) is 0.280. The number of rotatable bonds is 7. The molecule has 1 aromatic heterocycles. The first kappa shape index (κ1) is 21.6. The largest absolute Gasteiger partial charge is 0.507 e. The molecule has 0 radical (unpaired) electrons. The second-order valence-electron chi connectivity index (χ2n) is 8.17. The molecule has 2 aromatic carbocycles. The number of Topliss-reactive ketones (excluding diaryl/α,β-unsaturated/α-hetero) is 1. The molecule has 0 bridgehead atoms. The van der Waals surface area contributed by atoms with Gasteiger partial charge in [-0.25, -0.2) is 0 Å². The fourth-order valence-corrected chi connectivity index (χ4v) is 4.24. The monoisotopic (exact) mass is 433 g/mol. The van der Waals surface area contributed by atoms with Crippen molar-refractivity contribution in [1.29, 1.82) is 0 Å². The van der Waals surface area contributed by atoms with E-state index in [1.165, 1.54) is 0 Å². The van der Waals surface area contributed by atoms with Gasteiger partial charge in [0.1, 0.15) is 11.5 Å². The Kier molecular flexibility index (Phi) is 6.01. The van der Waals surface area contributed by atoms with Gasteiger partial charge in [0, 0.05) is 29.2 Å². The summed E-state index contributed by atoms with van der Waals surface area (Å²) in [5.41, 5.74) is 2.15. The van der Waals surface area contributed by atoms with Gasteiger partial charge in [-0.05, 0) is 50.8 Å². The Balaban J connectivity index is 1.85. The van der Waals surface area contributed by atoms with Gasteiger partial charge in [-0.15, -0.1) is 0 Å². The maximum atomic E-state index is 13.2. The topological polar surface area (TPSA) is 85.9 Å². The number of ether oxygens (including phenoxy) is 1. The number of para-hydroxylation sites is 1. The Morgan fingerprint density at radius 3 is 2.69 bits per heavy atom. The van der Waals surface area contributed by atoms with Crippen molar-refractivity contribution in [3.8, 4) is 5.75 Å². The number of fused-ring (bicyclic) bond motifs is 1. The van der Waals surface area contributed by atoms with E-state index in [0.29, 0.717) is 24.3 Å². The molecule has 166 valence electrons. The lowest BCUT2D eigenvalue weighted by Crippen LogP contribution is -2.32. The van der Waals surface area contributed by atoms with Crippen LogP contribution in [0.5, 0.6) is 5.75 Å². The van der Waals surface area contributed by atoms with Crippen molar-refractivity contribution in [3.05, 3.63) is 71.4 Å². The minimum atomic E-state index is -0.694. The molecule has 2 N–H and O–H groups in total. The summed E-state index contributed by atoms with van der Waals surface area (Å²) < 4.78 is 5.36. The van der Waals surface area contributed by atoms with Crippen LogP contribution in [0.4, 0.5) is 0 Å². The molecule has 1 atom stereocenters. The Morgan fingerprint density at radius 1 is 1.16 bits per heavy atom. The Hall–Kier alpha value is -3.58. The smallest absolute Gasteiger partial charge is 0.295 e. The third kappa shape index (κ3) is 3.87. The van der Waals surface area contributed by atoms with Crippen LogP contribution >= 0.6 is 0 Å². The van der Waals surface area contributed by atoms with Crippen LogP contribution in [0.3, 0.4) is 0 Å². The van der Waals surface area contributed by atoms with E-state index in [4.69, 9.17) is 4.74 Å². The molecule has 1 saturated heterocycles. The van der Waals surface area contributed by atoms with Gasteiger partial charge in [0.2, 0.25) is 0 Å². The second kappa shape index (κ2) is 8.88. The molecule has 3 aromatic rings. The first-order chi connectivity index (χ1) is 15.4. The minimum Gasteiger partial charge on any atom is -0.507 e. The number of benzene rings is 2. The van der Waals surface area contributed by atoms with Crippen LogP contribution in [0.2, 0.25) is 0 Å². The number of ketones is 1. The molecule has 32 heavy (non-hydrogen) atoms. The van der Waals surface area contributed by atoms with Crippen LogP contribution in [0, 0.1) is 0 Å². The highest BCUT2D eigenvalue weighted by Crippen LogP contribution is 2.41. The summed E-state index contributed by atoms with van der Waals surface area (Å²) in [6.45, 7) is 1.17. The highest BCUT2D eigenvalue weighted by molar-refractivity contribution is 6.46. The van der Waals surface area contributed by atoms with E-state index in [1.54, 1.807) is 30.3 Å². The van der Waals surface area contributed by atoms with E-state index in [9.17, 15) is 14.7 Å². The van der Waals surface area contributed by atoms with Crippen molar-refractivity contribution in [2.45, 2.75) is 12.5 Å².